The Bertz CT molecular complexity index is 1200. The Hall–Kier alpha value is -3.60. The minimum absolute atomic E-state index is 0.0464. The van der Waals surface area contributed by atoms with Crippen LogP contribution in [0.3, 0.4) is 0 Å². The molecular weight excluding hydrogens is 530 g/mol. The predicted molar refractivity (Wildman–Crippen MR) is 149 cm³/mol. The zero-order valence-corrected chi connectivity index (χ0v) is 24.5. The van der Waals surface area contributed by atoms with Crippen molar-refractivity contribution in [3.8, 4) is 0 Å². The molecule has 3 atom stereocenters. The summed E-state index contributed by atoms with van der Waals surface area (Å²) in [5.41, 5.74) is 1.90. The molecule has 0 saturated carbocycles. The number of ether oxygens (including phenoxy) is 3. The third-order valence-corrected chi connectivity index (χ3v) is 7.71. The maximum atomic E-state index is 13.7. The Morgan fingerprint density at radius 2 is 1.83 bits per heavy atom. The number of rotatable bonds is 1. The molecule has 1 unspecified atom stereocenters. The topological polar surface area (TPSA) is 135 Å². The van der Waals surface area contributed by atoms with E-state index in [1.165, 1.54) is 4.90 Å². The van der Waals surface area contributed by atoms with Gasteiger partial charge in [-0.3, -0.25) is 9.69 Å². The molecule has 4 rings (SSSR count). The molecule has 0 aromatic heterocycles. The number of cyclic esters (lactones) is 1. The maximum absolute atomic E-state index is 13.7. The fourth-order valence-corrected chi connectivity index (χ4v) is 5.33. The van der Waals surface area contributed by atoms with Crippen molar-refractivity contribution >= 4 is 24.1 Å². The third kappa shape index (κ3) is 7.38. The van der Waals surface area contributed by atoms with Crippen LogP contribution in [0.1, 0.15) is 64.2 Å². The second kappa shape index (κ2) is 12.1. The number of carboxylic acids is 1. The van der Waals surface area contributed by atoms with Crippen LogP contribution in [0.4, 0.5) is 9.59 Å². The molecule has 11 nitrogen and oxygen atoms in total. The largest absolute Gasteiger partial charge is 0.480 e. The van der Waals surface area contributed by atoms with Gasteiger partial charge in [0.2, 0.25) is 5.91 Å². The number of amides is 3. The molecule has 3 amide bonds. The minimum atomic E-state index is -1.20. The molecule has 41 heavy (non-hydrogen) atoms. The number of nitrogens with zero attached hydrogens (tertiary/aromatic N) is 2. The molecule has 0 radical (unpaired) electrons. The Morgan fingerprint density at radius 3 is 2.54 bits per heavy atom. The highest BCUT2D eigenvalue weighted by Crippen LogP contribution is 2.31. The number of carbonyl (C=O) groups is 4. The Kier molecular flexibility index (Phi) is 8.96. The van der Waals surface area contributed by atoms with E-state index in [0.717, 1.165) is 16.7 Å². The number of fused-ring (bicyclic) bond motifs is 3. The number of carboxylic acid groups (broad SMARTS) is 1. The molecule has 224 valence electrons. The first-order valence-electron chi connectivity index (χ1n) is 14.0. The van der Waals surface area contributed by atoms with Crippen molar-refractivity contribution < 1.29 is 38.5 Å². The third-order valence-electron chi connectivity index (χ3n) is 7.71. The summed E-state index contributed by atoms with van der Waals surface area (Å²) in [6, 6.07) is 3.62. The normalized spacial score (nSPS) is 26.8. The zero-order valence-electron chi connectivity index (χ0n) is 24.5. The second-order valence-electron chi connectivity index (χ2n) is 12.9. The van der Waals surface area contributed by atoms with Gasteiger partial charge in [-0.25, -0.2) is 14.4 Å². The SMILES string of the molecule is CC1(C)C/C=C/COCc2cccc3c2CN(C3)C(=O)O[C@@H]2CC(C(=O)O)N(C2)C(=O)[C@H](C(C)(C)C)NC(=O)OC1. The second-order valence-corrected chi connectivity index (χ2v) is 12.9. The van der Waals surface area contributed by atoms with E-state index in [0.29, 0.717) is 32.7 Å². The van der Waals surface area contributed by atoms with Crippen LogP contribution in [0.2, 0.25) is 0 Å². The van der Waals surface area contributed by atoms with Crippen molar-refractivity contribution in [2.45, 2.75) is 85.3 Å². The van der Waals surface area contributed by atoms with Crippen LogP contribution in [0.15, 0.2) is 30.4 Å². The Morgan fingerprint density at radius 1 is 1.10 bits per heavy atom. The van der Waals surface area contributed by atoms with E-state index in [9.17, 15) is 24.3 Å². The lowest BCUT2D eigenvalue weighted by molar-refractivity contribution is -0.150. The number of nitrogens with one attached hydrogen (secondary N) is 1. The lowest BCUT2D eigenvalue weighted by Crippen LogP contribution is -2.57. The van der Waals surface area contributed by atoms with Gasteiger partial charge >= 0.3 is 18.2 Å². The van der Waals surface area contributed by atoms with Gasteiger partial charge in [0.15, 0.2) is 0 Å². The molecule has 2 N–H and O–H groups in total. The number of hydrogen-bond donors (Lipinski definition) is 2. The lowest BCUT2D eigenvalue weighted by atomic mass is 9.85. The summed E-state index contributed by atoms with van der Waals surface area (Å²) in [7, 11) is 0. The summed E-state index contributed by atoms with van der Waals surface area (Å²) >= 11 is 0. The van der Waals surface area contributed by atoms with E-state index in [1.807, 2.05) is 44.2 Å². The van der Waals surface area contributed by atoms with Gasteiger partial charge < -0.3 is 29.5 Å². The maximum Gasteiger partial charge on any atom is 0.410 e. The Labute approximate surface area is 240 Å². The van der Waals surface area contributed by atoms with E-state index in [-0.39, 0.29) is 25.0 Å². The van der Waals surface area contributed by atoms with Crippen molar-refractivity contribution in [2.24, 2.45) is 10.8 Å². The summed E-state index contributed by atoms with van der Waals surface area (Å²) in [5.74, 6) is -1.77. The summed E-state index contributed by atoms with van der Waals surface area (Å²) < 4.78 is 17.1. The summed E-state index contributed by atoms with van der Waals surface area (Å²) in [4.78, 5) is 54.6. The standard InChI is InChI=1S/C30H41N3O8/c1-29(2,3)24-25(34)33-15-21(13-23(33)26(35)36)41-28(38)32-14-19-9-8-10-20(22(19)16-32)17-39-12-7-6-11-30(4,5)18-40-27(37)31-24/h6-10,21,23-24H,11-18H2,1-5H3,(H,31,37)(H,35,36)/b7-6+/t21-,23?,24-/m1/s1. The fraction of sp³-hybridized carbons (Fsp3) is 0.600. The lowest BCUT2D eigenvalue weighted by Gasteiger charge is -2.34. The van der Waals surface area contributed by atoms with Crippen molar-refractivity contribution in [3.05, 3.63) is 47.0 Å². The van der Waals surface area contributed by atoms with Crippen LogP contribution in [0.5, 0.6) is 0 Å². The predicted octanol–water partition coefficient (Wildman–Crippen LogP) is 3.84. The first kappa shape index (κ1) is 30.4. The molecule has 0 spiro atoms. The van der Waals surface area contributed by atoms with Crippen LogP contribution >= 0.6 is 0 Å². The number of allylic oxidation sites excluding steroid dienone is 1. The fourth-order valence-electron chi connectivity index (χ4n) is 5.33. The highest BCUT2D eigenvalue weighted by atomic mass is 16.6. The van der Waals surface area contributed by atoms with Gasteiger partial charge in [-0.05, 0) is 28.5 Å². The van der Waals surface area contributed by atoms with E-state index >= 15 is 0 Å². The number of aliphatic carboxylic acids is 1. The zero-order chi connectivity index (χ0) is 29.9. The smallest absolute Gasteiger partial charge is 0.410 e. The minimum Gasteiger partial charge on any atom is -0.480 e. The average molecular weight is 572 g/mol. The van der Waals surface area contributed by atoms with Gasteiger partial charge in [0.05, 0.1) is 32.9 Å². The summed E-state index contributed by atoms with van der Waals surface area (Å²) in [6.45, 7) is 10.8. The van der Waals surface area contributed by atoms with Gasteiger partial charge in [0.1, 0.15) is 18.2 Å². The molecule has 1 aromatic rings. The molecule has 1 fully saturated rings. The molecule has 11 heteroatoms. The highest BCUT2D eigenvalue weighted by molar-refractivity contribution is 5.90. The number of carbonyl (C=O) groups excluding carboxylic acids is 3. The average Bonchev–Trinajstić information content (AvgIpc) is 3.52. The van der Waals surface area contributed by atoms with Crippen molar-refractivity contribution in [2.75, 3.05) is 19.8 Å². The van der Waals surface area contributed by atoms with Crippen LogP contribution in [-0.4, -0.2) is 76.9 Å². The van der Waals surface area contributed by atoms with E-state index in [1.54, 1.807) is 25.7 Å². The van der Waals surface area contributed by atoms with Crippen LogP contribution in [-0.2, 0) is 43.5 Å². The Balaban J connectivity index is 1.59. The molecule has 1 aromatic carbocycles. The van der Waals surface area contributed by atoms with E-state index in [4.69, 9.17) is 14.2 Å². The molecule has 1 saturated heterocycles. The van der Waals surface area contributed by atoms with Gasteiger partial charge in [-0.15, -0.1) is 0 Å². The van der Waals surface area contributed by atoms with E-state index in [2.05, 4.69) is 5.32 Å². The van der Waals surface area contributed by atoms with Gasteiger partial charge in [0, 0.05) is 18.4 Å². The monoisotopic (exact) mass is 571 g/mol. The number of hydrogen-bond acceptors (Lipinski definition) is 7. The molecule has 3 heterocycles. The first-order valence-corrected chi connectivity index (χ1v) is 14.0. The van der Waals surface area contributed by atoms with Gasteiger partial charge in [-0.1, -0.05) is 65.0 Å². The molecule has 3 aliphatic heterocycles. The highest BCUT2D eigenvalue weighted by Gasteiger charge is 2.46. The molecule has 3 aliphatic rings. The van der Waals surface area contributed by atoms with E-state index < -0.39 is 47.7 Å². The van der Waals surface area contributed by atoms with Crippen molar-refractivity contribution in [1.29, 1.82) is 0 Å². The van der Waals surface area contributed by atoms with Crippen LogP contribution < -0.4 is 5.32 Å². The van der Waals surface area contributed by atoms with Crippen LogP contribution in [0, 0.1) is 10.8 Å². The summed E-state index contributed by atoms with van der Waals surface area (Å²) in [6.07, 6.45) is 2.36. The first-order chi connectivity index (χ1) is 19.2. The molecular formula is C30H41N3O8. The van der Waals surface area contributed by atoms with Gasteiger partial charge in [0.25, 0.3) is 0 Å². The number of benzene rings is 1. The summed E-state index contributed by atoms with van der Waals surface area (Å²) in [5, 5.41) is 12.6. The molecule has 4 bridgehead atoms. The molecule has 0 aliphatic carbocycles. The van der Waals surface area contributed by atoms with Crippen molar-refractivity contribution in [1.82, 2.24) is 15.1 Å². The quantitative estimate of drug-likeness (QED) is 0.486. The van der Waals surface area contributed by atoms with Gasteiger partial charge in [-0.2, -0.15) is 0 Å². The number of alkyl carbamates (subject to hydrolysis) is 1. The van der Waals surface area contributed by atoms with Crippen LogP contribution in [0.25, 0.3) is 0 Å². The van der Waals surface area contributed by atoms with Crippen molar-refractivity contribution in [3.63, 3.8) is 0 Å².